The average Bonchev–Trinajstić information content (AvgIpc) is 2.91. The van der Waals surface area contributed by atoms with Crippen LogP contribution >= 0.6 is 11.3 Å². The molecule has 3 rings (SSSR count). The smallest absolute Gasteiger partial charge is 0.307 e. The monoisotopic (exact) mass is 348 g/mol. The molecule has 1 amide bonds. The Balaban J connectivity index is 1.65. The van der Waals surface area contributed by atoms with Gasteiger partial charge in [-0.25, -0.2) is 0 Å². The molecule has 24 heavy (non-hydrogen) atoms. The van der Waals surface area contributed by atoms with Crippen molar-refractivity contribution in [2.45, 2.75) is 26.5 Å². The zero-order valence-corrected chi connectivity index (χ0v) is 14.5. The van der Waals surface area contributed by atoms with E-state index >= 15 is 0 Å². The second-order valence-electron chi connectivity index (χ2n) is 5.66. The second-order valence-corrected chi connectivity index (χ2v) is 6.48. The van der Waals surface area contributed by atoms with Gasteiger partial charge in [-0.2, -0.15) is 0 Å². The maximum Gasteiger partial charge on any atom is 0.307 e. The number of benzene rings is 1. The normalized spacial score (nSPS) is 16.0. The van der Waals surface area contributed by atoms with Crippen LogP contribution in [-0.4, -0.2) is 41.2 Å². The number of likely N-dealkylation sites (N-methyl/N-ethyl adjacent to an activating group) is 1. The van der Waals surface area contributed by atoms with Gasteiger partial charge in [-0.05, 0) is 26.0 Å². The molecular weight excluding hydrogens is 328 g/mol. The lowest BCUT2D eigenvalue weighted by atomic mass is 10.2. The summed E-state index contributed by atoms with van der Waals surface area (Å²) in [4.78, 5) is 25.9. The third-order valence-corrected chi connectivity index (χ3v) is 4.88. The highest BCUT2D eigenvalue weighted by Crippen LogP contribution is 2.31. The molecule has 0 unspecified atom stereocenters. The number of aryl methyl sites for hydroxylation is 1. The number of carbonyl (C=O) groups is 1. The molecular formula is C17H20N2O4S. The lowest BCUT2D eigenvalue weighted by Crippen LogP contribution is -2.45. The van der Waals surface area contributed by atoms with Crippen molar-refractivity contribution in [1.82, 2.24) is 9.47 Å². The molecule has 0 fully saturated rings. The van der Waals surface area contributed by atoms with Crippen molar-refractivity contribution in [2.75, 3.05) is 19.7 Å². The van der Waals surface area contributed by atoms with Gasteiger partial charge >= 0.3 is 4.87 Å². The van der Waals surface area contributed by atoms with Gasteiger partial charge in [-0.15, -0.1) is 0 Å². The number of hydrogen-bond donors (Lipinski definition) is 0. The minimum atomic E-state index is -0.218. The minimum Gasteiger partial charge on any atom is -0.486 e. The van der Waals surface area contributed by atoms with Crippen LogP contribution in [0.4, 0.5) is 0 Å². The number of carbonyl (C=O) groups excluding carboxylic acids is 1. The Morgan fingerprint density at radius 1 is 1.38 bits per heavy atom. The van der Waals surface area contributed by atoms with E-state index in [-0.39, 0.29) is 23.4 Å². The highest BCUT2D eigenvalue weighted by atomic mass is 32.1. The fourth-order valence-electron chi connectivity index (χ4n) is 2.64. The molecule has 0 saturated carbocycles. The zero-order chi connectivity index (χ0) is 17.1. The third-order valence-electron chi connectivity index (χ3n) is 4.00. The number of rotatable bonds is 5. The van der Waals surface area contributed by atoms with Crippen LogP contribution in [-0.2, 0) is 11.3 Å². The molecule has 6 nitrogen and oxygen atoms in total. The lowest BCUT2D eigenvalue weighted by molar-refractivity contribution is -0.133. The summed E-state index contributed by atoms with van der Waals surface area (Å²) in [5, 5.41) is 1.76. The Labute approximate surface area is 144 Å². The second kappa shape index (κ2) is 7.09. The first-order valence-electron chi connectivity index (χ1n) is 7.89. The number of fused-ring (bicyclic) bond motifs is 1. The number of thiazole rings is 1. The summed E-state index contributed by atoms with van der Waals surface area (Å²) < 4.78 is 13.1. The van der Waals surface area contributed by atoms with Crippen molar-refractivity contribution in [2.24, 2.45) is 0 Å². The molecule has 0 aliphatic carbocycles. The van der Waals surface area contributed by atoms with Crippen molar-refractivity contribution in [3.63, 3.8) is 0 Å². The van der Waals surface area contributed by atoms with E-state index < -0.39 is 0 Å². The van der Waals surface area contributed by atoms with Crippen LogP contribution in [0.1, 0.15) is 12.6 Å². The van der Waals surface area contributed by atoms with Crippen molar-refractivity contribution >= 4 is 17.2 Å². The maximum absolute atomic E-state index is 12.5. The fraction of sp³-hybridized carbons (Fsp3) is 0.412. The molecule has 1 aromatic carbocycles. The number of nitrogens with zero attached hydrogens (tertiary/aromatic N) is 2. The zero-order valence-electron chi connectivity index (χ0n) is 13.7. The predicted octanol–water partition coefficient (Wildman–Crippen LogP) is 1.91. The molecule has 1 aliphatic rings. The van der Waals surface area contributed by atoms with Gasteiger partial charge in [0.2, 0.25) is 5.91 Å². The van der Waals surface area contributed by atoms with Gasteiger partial charge in [0, 0.05) is 17.6 Å². The van der Waals surface area contributed by atoms with Crippen LogP contribution in [0.25, 0.3) is 0 Å². The van der Waals surface area contributed by atoms with Gasteiger partial charge in [0.1, 0.15) is 13.2 Å². The Kier molecular flexibility index (Phi) is 4.89. The molecule has 1 atom stereocenters. The van der Waals surface area contributed by atoms with Gasteiger partial charge < -0.3 is 14.4 Å². The van der Waals surface area contributed by atoms with Crippen LogP contribution in [0.2, 0.25) is 0 Å². The van der Waals surface area contributed by atoms with Gasteiger partial charge in [-0.1, -0.05) is 23.5 Å². The minimum absolute atomic E-state index is 0.0617. The van der Waals surface area contributed by atoms with Gasteiger partial charge in [0.15, 0.2) is 17.6 Å². The molecule has 2 aromatic rings. The van der Waals surface area contributed by atoms with E-state index in [2.05, 4.69) is 0 Å². The van der Waals surface area contributed by atoms with Crippen molar-refractivity contribution in [3.8, 4) is 11.5 Å². The average molecular weight is 348 g/mol. The Bertz CT molecular complexity index is 783. The third kappa shape index (κ3) is 3.46. The predicted molar refractivity (Wildman–Crippen MR) is 91.9 cm³/mol. The van der Waals surface area contributed by atoms with E-state index in [1.807, 2.05) is 38.1 Å². The van der Waals surface area contributed by atoms with Gasteiger partial charge in [-0.3, -0.25) is 14.2 Å². The number of amides is 1. The molecule has 0 radical (unpaired) electrons. The molecule has 0 bridgehead atoms. The van der Waals surface area contributed by atoms with E-state index in [9.17, 15) is 9.59 Å². The summed E-state index contributed by atoms with van der Waals surface area (Å²) in [6.45, 7) is 5.19. The molecule has 0 N–H and O–H groups in total. The molecule has 128 valence electrons. The number of para-hydroxylation sites is 2. The lowest BCUT2D eigenvalue weighted by Gasteiger charge is -2.31. The Morgan fingerprint density at radius 3 is 2.79 bits per heavy atom. The maximum atomic E-state index is 12.5. The topological polar surface area (TPSA) is 60.8 Å². The first kappa shape index (κ1) is 16.6. The van der Waals surface area contributed by atoms with Crippen LogP contribution in [0.5, 0.6) is 11.5 Å². The standard InChI is InChI=1S/C17H20N2O4S/c1-3-18(16(20)9-19-12(2)11-24-17(19)21)8-13-10-22-14-6-4-5-7-15(14)23-13/h4-7,11,13H,3,8-10H2,1-2H3/t13-/m0/s1. The molecule has 0 spiro atoms. The largest absolute Gasteiger partial charge is 0.486 e. The summed E-state index contributed by atoms with van der Waals surface area (Å²) in [5.74, 6) is 1.33. The van der Waals surface area contributed by atoms with Crippen molar-refractivity contribution < 1.29 is 14.3 Å². The van der Waals surface area contributed by atoms with E-state index in [4.69, 9.17) is 9.47 Å². The fourth-order valence-corrected chi connectivity index (χ4v) is 3.37. The van der Waals surface area contributed by atoms with Crippen LogP contribution in [0.15, 0.2) is 34.4 Å². The summed E-state index contributed by atoms with van der Waals surface area (Å²) in [6, 6.07) is 7.50. The van der Waals surface area contributed by atoms with E-state index in [0.29, 0.717) is 25.4 Å². The molecule has 0 saturated heterocycles. The van der Waals surface area contributed by atoms with Gasteiger partial charge in [0.05, 0.1) is 6.54 Å². The number of hydrogen-bond acceptors (Lipinski definition) is 5. The number of ether oxygens (including phenoxy) is 2. The first-order valence-corrected chi connectivity index (χ1v) is 8.77. The van der Waals surface area contributed by atoms with Crippen LogP contribution in [0, 0.1) is 6.92 Å². The van der Waals surface area contributed by atoms with Crippen molar-refractivity contribution in [3.05, 3.63) is 45.0 Å². The molecule has 1 aliphatic heterocycles. The van der Waals surface area contributed by atoms with Crippen molar-refractivity contribution in [1.29, 1.82) is 0 Å². The van der Waals surface area contributed by atoms with E-state index in [0.717, 1.165) is 22.8 Å². The summed E-state index contributed by atoms with van der Waals surface area (Å²) in [6.07, 6.45) is -0.218. The van der Waals surface area contributed by atoms with E-state index in [1.165, 1.54) is 4.57 Å². The first-order chi connectivity index (χ1) is 11.6. The molecule has 1 aromatic heterocycles. The number of aromatic nitrogens is 1. The summed E-state index contributed by atoms with van der Waals surface area (Å²) in [5.41, 5.74) is 0.806. The van der Waals surface area contributed by atoms with Crippen LogP contribution < -0.4 is 14.3 Å². The summed E-state index contributed by atoms with van der Waals surface area (Å²) >= 11 is 1.11. The Morgan fingerprint density at radius 2 is 2.12 bits per heavy atom. The highest BCUT2D eigenvalue weighted by molar-refractivity contribution is 7.07. The SMILES string of the molecule is CCN(C[C@H]1COc2ccccc2O1)C(=O)Cn1c(C)csc1=O. The Hall–Kier alpha value is -2.28. The van der Waals surface area contributed by atoms with Crippen LogP contribution in [0.3, 0.4) is 0 Å². The summed E-state index contributed by atoms with van der Waals surface area (Å²) in [7, 11) is 0. The van der Waals surface area contributed by atoms with Gasteiger partial charge in [0.25, 0.3) is 0 Å². The quantitative estimate of drug-likeness (QED) is 0.828. The molecule has 7 heteroatoms. The highest BCUT2D eigenvalue weighted by Gasteiger charge is 2.25. The van der Waals surface area contributed by atoms with E-state index in [1.54, 1.807) is 10.3 Å². The molecule has 2 heterocycles.